The van der Waals surface area contributed by atoms with Crippen LogP contribution in [-0.4, -0.2) is 4.98 Å². The van der Waals surface area contributed by atoms with Crippen LogP contribution in [0.5, 0.6) is 0 Å². The number of hydrogen-bond donors (Lipinski definition) is 0. The predicted octanol–water partition coefficient (Wildman–Crippen LogP) is 4.69. The van der Waals surface area contributed by atoms with Crippen molar-refractivity contribution in [2.45, 2.75) is 12.3 Å². The fourth-order valence-electron chi connectivity index (χ4n) is 2.27. The quantitative estimate of drug-likeness (QED) is 0.445. The highest BCUT2D eigenvalue weighted by atomic mass is 35.5. The molecule has 0 spiro atoms. The van der Waals surface area contributed by atoms with Gasteiger partial charge in [-0.25, -0.2) is 0 Å². The molecule has 2 aromatic carbocycles. The van der Waals surface area contributed by atoms with Crippen LogP contribution >= 0.6 is 11.6 Å². The summed E-state index contributed by atoms with van der Waals surface area (Å²) in [6.45, 7) is 2.00. The van der Waals surface area contributed by atoms with Crippen molar-refractivity contribution in [2.75, 3.05) is 0 Å². The summed E-state index contributed by atoms with van der Waals surface area (Å²) >= 11 is 6.25. The Kier molecular flexibility index (Phi) is 2.49. The van der Waals surface area contributed by atoms with Gasteiger partial charge in [0.15, 0.2) is 0 Å². The Hall–Kier alpha value is -1.60. The minimum atomic E-state index is -0.00805. The van der Waals surface area contributed by atoms with Gasteiger partial charge in [-0.2, -0.15) is 0 Å². The summed E-state index contributed by atoms with van der Waals surface area (Å²) in [5, 5.41) is 3.52. The minimum absolute atomic E-state index is 0.00805. The molecular formula is C15H12ClN. The van der Waals surface area contributed by atoms with E-state index in [0.29, 0.717) is 0 Å². The lowest BCUT2D eigenvalue weighted by Crippen LogP contribution is -1.89. The molecule has 3 aromatic rings. The van der Waals surface area contributed by atoms with Crippen molar-refractivity contribution < 1.29 is 0 Å². The lowest BCUT2D eigenvalue weighted by Gasteiger charge is -2.10. The van der Waals surface area contributed by atoms with Crippen molar-refractivity contribution >= 4 is 33.3 Å². The summed E-state index contributed by atoms with van der Waals surface area (Å²) in [6.07, 6.45) is 1.83. The number of alkyl halides is 1. The molecule has 0 aliphatic rings. The maximum Gasteiger partial charge on any atom is 0.0783 e. The third-order valence-electron chi connectivity index (χ3n) is 3.08. The second kappa shape index (κ2) is 4.01. The topological polar surface area (TPSA) is 12.9 Å². The van der Waals surface area contributed by atoms with Crippen molar-refractivity contribution in [1.82, 2.24) is 4.98 Å². The van der Waals surface area contributed by atoms with E-state index in [9.17, 15) is 0 Å². The summed E-state index contributed by atoms with van der Waals surface area (Å²) in [5.74, 6) is 0. The molecule has 0 radical (unpaired) electrons. The molecule has 17 heavy (non-hydrogen) atoms. The number of fused-ring (bicyclic) bond motifs is 3. The first-order valence-electron chi connectivity index (χ1n) is 5.68. The van der Waals surface area contributed by atoms with Crippen LogP contribution in [0.25, 0.3) is 21.7 Å². The van der Waals surface area contributed by atoms with E-state index in [2.05, 4.69) is 35.3 Å². The average Bonchev–Trinajstić information content (AvgIpc) is 2.37. The molecule has 0 saturated heterocycles. The Morgan fingerprint density at radius 1 is 1.00 bits per heavy atom. The molecule has 1 heterocycles. The van der Waals surface area contributed by atoms with Crippen molar-refractivity contribution in [2.24, 2.45) is 0 Å². The summed E-state index contributed by atoms with van der Waals surface area (Å²) in [7, 11) is 0. The molecule has 0 bridgehead atoms. The lowest BCUT2D eigenvalue weighted by atomic mass is 9.99. The molecule has 0 fully saturated rings. The molecule has 0 unspecified atom stereocenters. The van der Waals surface area contributed by atoms with Gasteiger partial charge >= 0.3 is 0 Å². The Labute approximate surface area is 105 Å². The van der Waals surface area contributed by atoms with E-state index in [0.717, 1.165) is 16.5 Å². The smallest absolute Gasteiger partial charge is 0.0783 e. The van der Waals surface area contributed by atoms with Crippen LogP contribution in [0.4, 0.5) is 0 Å². The highest BCUT2D eigenvalue weighted by molar-refractivity contribution is 6.22. The molecular weight excluding hydrogens is 230 g/mol. The second-order valence-electron chi connectivity index (χ2n) is 4.20. The van der Waals surface area contributed by atoms with Gasteiger partial charge in [-0.15, -0.1) is 11.6 Å². The molecule has 0 amide bonds. The van der Waals surface area contributed by atoms with Crippen molar-refractivity contribution in [1.29, 1.82) is 0 Å². The Bertz CT molecular complexity index is 689. The first kappa shape index (κ1) is 10.5. The molecule has 0 saturated carbocycles. The average molecular weight is 242 g/mol. The molecule has 84 valence electrons. The SMILES string of the molecule is C[C@@H](Cl)c1cccc2ccc3cccnc3c12. The van der Waals surface area contributed by atoms with E-state index in [1.54, 1.807) is 0 Å². The predicted molar refractivity (Wildman–Crippen MR) is 73.5 cm³/mol. The van der Waals surface area contributed by atoms with E-state index >= 15 is 0 Å². The van der Waals surface area contributed by atoms with Crippen LogP contribution in [0.1, 0.15) is 17.9 Å². The van der Waals surface area contributed by atoms with Gasteiger partial charge in [0, 0.05) is 17.0 Å². The number of hydrogen-bond acceptors (Lipinski definition) is 1. The zero-order valence-corrected chi connectivity index (χ0v) is 10.3. The number of pyridine rings is 1. The number of halogens is 1. The lowest BCUT2D eigenvalue weighted by molar-refractivity contribution is 1.10. The van der Waals surface area contributed by atoms with Crippen molar-refractivity contribution in [3.63, 3.8) is 0 Å². The summed E-state index contributed by atoms with van der Waals surface area (Å²) in [4.78, 5) is 4.49. The molecule has 0 aliphatic carbocycles. The maximum absolute atomic E-state index is 6.25. The van der Waals surface area contributed by atoms with Gasteiger partial charge in [-0.05, 0) is 23.9 Å². The highest BCUT2D eigenvalue weighted by Gasteiger charge is 2.09. The monoisotopic (exact) mass is 241 g/mol. The molecule has 1 atom stereocenters. The Balaban J connectivity index is 2.54. The number of aromatic nitrogens is 1. The Morgan fingerprint density at radius 2 is 1.76 bits per heavy atom. The number of nitrogens with zero attached hydrogens (tertiary/aromatic N) is 1. The van der Waals surface area contributed by atoms with E-state index in [1.807, 2.05) is 25.3 Å². The molecule has 0 N–H and O–H groups in total. The van der Waals surface area contributed by atoms with E-state index < -0.39 is 0 Å². The van der Waals surface area contributed by atoms with Gasteiger partial charge in [0.2, 0.25) is 0 Å². The highest BCUT2D eigenvalue weighted by Crippen LogP contribution is 2.32. The standard InChI is InChI=1S/C15H12ClN/c1-10(16)13-6-2-4-11-7-8-12-5-3-9-17-15(12)14(11)13/h2-10H,1H3/t10-/m1/s1. The van der Waals surface area contributed by atoms with Gasteiger partial charge in [0.1, 0.15) is 0 Å². The Morgan fingerprint density at radius 3 is 2.59 bits per heavy atom. The van der Waals surface area contributed by atoms with E-state index in [4.69, 9.17) is 11.6 Å². The molecule has 0 aliphatic heterocycles. The van der Waals surface area contributed by atoms with Crippen LogP contribution < -0.4 is 0 Å². The summed E-state index contributed by atoms with van der Waals surface area (Å²) in [6, 6.07) is 14.5. The normalized spacial score (nSPS) is 13.1. The van der Waals surface area contributed by atoms with E-state index in [1.165, 1.54) is 10.8 Å². The largest absolute Gasteiger partial charge is 0.256 e. The van der Waals surface area contributed by atoms with Crippen LogP contribution in [-0.2, 0) is 0 Å². The molecule has 2 heteroatoms. The zero-order chi connectivity index (χ0) is 11.8. The fourth-order valence-corrected chi connectivity index (χ4v) is 2.46. The third kappa shape index (κ3) is 1.67. The van der Waals surface area contributed by atoms with Gasteiger partial charge in [-0.3, -0.25) is 4.98 Å². The summed E-state index contributed by atoms with van der Waals surface area (Å²) in [5.41, 5.74) is 2.18. The van der Waals surface area contributed by atoms with Gasteiger partial charge < -0.3 is 0 Å². The van der Waals surface area contributed by atoms with Crippen molar-refractivity contribution in [3.05, 3.63) is 54.2 Å². The van der Waals surface area contributed by atoms with Crippen LogP contribution in [0.2, 0.25) is 0 Å². The number of rotatable bonds is 1. The minimum Gasteiger partial charge on any atom is -0.256 e. The first-order valence-corrected chi connectivity index (χ1v) is 6.11. The second-order valence-corrected chi connectivity index (χ2v) is 4.86. The van der Waals surface area contributed by atoms with Crippen LogP contribution in [0, 0.1) is 0 Å². The zero-order valence-electron chi connectivity index (χ0n) is 9.52. The fraction of sp³-hybridized carbons (Fsp3) is 0.133. The van der Waals surface area contributed by atoms with Gasteiger partial charge in [0.05, 0.1) is 10.9 Å². The maximum atomic E-state index is 6.25. The van der Waals surface area contributed by atoms with Crippen LogP contribution in [0.3, 0.4) is 0 Å². The van der Waals surface area contributed by atoms with Gasteiger partial charge in [0.25, 0.3) is 0 Å². The van der Waals surface area contributed by atoms with Crippen LogP contribution in [0.15, 0.2) is 48.7 Å². The third-order valence-corrected chi connectivity index (χ3v) is 3.31. The van der Waals surface area contributed by atoms with Crippen molar-refractivity contribution in [3.8, 4) is 0 Å². The number of benzene rings is 2. The van der Waals surface area contributed by atoms with E-state index in [-0.39, 0.29) is 5.38 Å². The van der Waals surface area contributed by atoms with Gasteiger partial charge in [-0.1, -0.05) is 36.4 Å². The summed E-state index contributed by atoms with van der Waals surface area (Å²) < 4.78 is 0. The molecule has 1 nitrogen and oxygen atoms in total. The molecule has 3 rings (SSSR count). The first-order chi connectivity index (χ1) is 8.27. The molecule has 1 aromatic heterocycles.